The molecule has 0 saturated heterocycles. The van der Waals surface area contributed by atoms with E-state index in [2.05, 4.69) is 27.1 Å². The van der Waals surface area contributed by atoms with Crippen molar-refractivity contribution in [3.05, 3.63) is 47.9 Å². The number of ether oxygens (including phenoxy) is 1. The summed E-state index contributed by atoms with van der Waals surface area (Å²) in [6.07, 6.45) is 5.29. The van der Waals surface area contributed by atoms with Gasteiger partial charge in [0.25, 0.3) is 0 Å². The van der Waals surface area contributed by atoms with Crippen LogP contribution in [0.3, 0.4) is 0 Å². The van der Waals surface area contributed by atoms with Gasteiger partial charge < -0.3 is 9.30 Å². The Labute approximate surface area is 151 Å². The molecule has 0 aliphatic rings. The van der Waals surface area contributed by atoms with Crippen LogP contribution in [0.4, 0.5) is 0 Å². The normalized spacial score (nSPS) is 11.3. The number of methoxy groups -OCH3 is 1. The predicted molar refractivity (Wildman–Crippen MR) is 99.4 cm³/mol. The average molecular weight is 370 g/mol. The molecule has 3 aromatic heterocycles. The standard InChI is InChI=1S/C17H14N4O2S2/c1-23-16(22)11-6-13-15(18-7-11)21(9-19-13)8-10-3-4-12-14(5-10)25-17(20-12)24-2/h3-7,9H,8H2,1-2H3. The first-order valence-electron chi connectivity index (χ1n) is 7.50. The lowest BCUT2D eigenvalue weighted by Crippen LogP contribution is -2.03. The first kappa shape index (κ1) is 16.0. The van der Waals surface area contributed by atoms with Gasteiger partial charge in [-0.25, -0.2) is 19.7 Å². The van der Waals surface area contributed by atoms with Gasteiger partial charge in [-0.15, -0.1) is 11.3 Å². The monoisotopic (exact) mass is 370 g/mol. The fourth-order valence-corrected chi connectivity index (χ4v) is 4.18. The van der Waals surface area contributed by atoms with Gasteiger partial charge in [0, 0.05) is 6.20 Å². The molecule has 0 aliphatic carbocycles. The van der Waals surface area contributed by atoms with Gasteiger partial charge in [0.1, 0.15) is 5.52 Å². The van der Waals surface area contributed by atoms with Crippen LogP contribution in [0.5, 0.6) is 0 Å². The van der Waals surface area contributed by atoms with Crippen LogP contribution in [0.15, 0.2) is 41.1 Å². The van der Waals surface area contributed by atoms with Gasteiger partial charge in [0.15, 0.2) is 9.99 Å². The molecule has 8 heteroatoms. The van der Waals surface area contributed by atoms with Crippen LogP contribution in [0.1, 0.15) is 15.9 Å². The van der Waals surface area contributed by atoms with Crippen LogP contribution in [-0.4, -0.2) is 38.9 Å². The lowest BCUT2D eigenvalue weighted by atomic mass is 10.2. The summed E-state index contributed by atoms with van der Waals surface area (Å²) in [5, 5.41) is 0. The zero-order valence-electron chi connectivity index (χ0n) is 13.6. The summed E-state index contributed by atoms with van der Waals surface area (Å²) in [5.41, 5.74) is 3.99. The number of thioether (sulfide) groups is 1. The number of nitrogens with zero attached hydrogens (tertiary/aromatic N) is 4. The summed E-state index contributed by atoms with van der Waals surface area (Å²) in [6.45, 7) is 0.656. The average Bonchev–Trinajstić information content (AvgIpc) is 3.24. The van der Waals surface area contributed by atoms with Crippen molar-refractivity contribution in [2.24, 2.45) is 0 Å². The third-order valence-electron chi connectivity index (χ3n) is 3.84. The fraction of sp³-hybridized carbons (Fsp3) is 0.176. The molecule has 126 valence electrons. The second kappa shape index (κ2) is 6.45. The Morgan fingerprint density at radius 1 is 1.28 bits per heavy atom. The van der Waals surface area contributed by atoms with E-state index in [9.17, 15) is 4.79 Å². The van der Waals surface area contributed by atoms with Crippen molar-refractivity contribution in [2.45, 2.75) is 10.9 Å². The molecule has 3 heterocycles. The molecule has 25 heavy (non-hydrogen) atoms. The van der Waals surface area contributed by atoms with Gasteiger partial charge in [-0.2, -0.15) is 0 Å². The van der Waals surface area contributed by atoms with E-state index < -0.39 is 5.97 Å². The quantitative estimate of drug-likeness (QED) is 0.404. The Morgan fingerprint density at radius 2 is 2.16 bits per heavy atom. The van der Waals surface area contributed by atoms with E-state index in [4.69, 9.17) is 4.74 Å². The topological polar surface area (TPSA) is 69.9 Å². The maximum Gasteiger partial charge on any atom is 0.339 e. The Morgan fingerprint density at radius 3 is 2.96 bits per heavy atom. The molecule has 0 unspecified atom stereocenters. The Bertz CT molecular complexity index is 1090. The third kappa shape index (κ3) is 2.98. The van der Waals surface area contributed by atoms with Gasteiger partial charge in [-0.1, -0.05) is 17.8 Å². The summed E-state index contributed by atoms with van der Waals surface area (Å²) in [4.78, 5) is 24.9. The van der Waals surface area contributed by atoms with Crippen LogP contribution in [-0.2, 0) is 11.3 Å². The minimum absolute atomic E-state index is 0.399. The predicted octanol–water partition coefficient (Wildman–Crippen LogP) is 3.60. The van der Waals surface area contributed by atoms with E-state index in [1.165, 1.54) is 18.0 Å². The number of esters is 1. The molecule has 0 radical (unpaired) electrons. The van der Waals surface area contributed by atoms with Gasteiger partial charge in [0.2, 0.25) is 0 Å². The number of thiazole rings is 1. The molecular formula is C17H14N4O2S2. The maximum atomic E-state index is 11.6. The Kier molecular flexibility index (Phi) is 4.14. The van der Waals surface area contributed by atoms with E-state index in [1.54, 1.807) is 35.5 Å². The fourth-order valence-electron chi connectivity index (χ4n) is 2.62. The van der Waals surface area contributed by atoms with E-state index >= 15 is 0 Å². The molecule has 1 aromatic carbocycles. The zero-order chi connectivity index (χ0) is 17.4. The van der Waals surface area contributed by atoms with Crippen molar-refractivity contribution >= 4 is 50.4 Å². The summed E-state index contributed by atoms with van der Waals surface area (Å²) in [5.74, 6) is -0.413. The number of carbonyl (C=O) groups excluding carboxylic acids is 1. The number of fused-ring (bicyclic) bond motifs is 2. The van der Waals surface area contributed by atoms with Crippen molar-refractivity contribution in [1.82, 2.24) is 19.5 Å². The maximum absolute atomic E-state index is 11.6. The molecule has 6 nitrogen and oxygen atoms in total. The van der Waals surface area contributed by atoms with Crippen molar-refractivity contribution in [2.75, 3.05) is 13.4 Å². The number of aromatic nitrogens is 4. The molecular weight excluding hydrogens is 356 g/mol. The molecule has 0 saturated carbocycles. The number of hydrogen-bond acceptors (Lipinski definition) is 7. The summed E-state index contributed by atoms with van der Waals surface area (Å²) in [7, 11) is 1.35. The smallest absolute Gasteiger partial charge is 0.339 e. The van der Waals surface area contributed by atoms with Crippen LogP contribution in [0.25, 0.3) is 21.4 Å². The molecule has 0 atom stereocenters. The molecule has 0 aliphatic heterocycles. The lowest BCUT2D eigenvalue weighted by Gasteiger charge is -2.04. The largest absolute Gasteiger partial charge is 0.465 e. The zero-order valence-corrected chi connectivity index (χ0v) is 15.2. The first-order chi connectivity index (χ1) is 12.2. The minimum atomic E-state index is -0.413. The van der Waals surface area contributed by atoms with Crippen LogP contribution in [0.2, 0.25) is 0 Å². The second-order valence-electron chi connectivity index (χ2n) is 5.42. The SMILES string of the molecule is COC(=O)c1cnc2c(c1)ncn2Cc1ccc2nc(SC)sc2c1. The number of imidazole rings is 1. The second-order valence-corrected chi connectivity index (χ2v) is 7.50. The molecule has 4 rings (SSSR count). The highest BCUT2D eigenvalue weighted by Gasteiger charge is 2.11. The Hall–Kier alpha value is -2.45. The molecule has 0 spiro atoms. The number of pyridine rings is 1. The molecule has 0 amide bonds. The van der Waals surface area contributed by atoms with Gasteiger partial charge in [-0.05, 0) is 30.0 Å². The molecule has 0 N–H and O–H groups in total. The van der Waals surface area contributed by atoms with E-state index in [0.717, 1.165) is 21.1 Å². The van der Waals surface area contributed by atoms with E-state index in [1.807, 2.05) is 16.9 Å². The summed E-state index contributed by atoms with van der Waals surface area (Å²) >= 11 is 3.35. The number of benzene rings is 1. The molecule has 0 bridgehead atoms. The highest BCUT2D eigenvalue weighted by molar-refractivity contribution is 8.00. The minimum Gasteiger partial charge on any atom is -0.465 e. The van der Waals surface area contributed by atoms with E-state index in [0.29, 0.717) is 17.6 Å². The Balaban J connectivity index is 1.67. The summed E-state index contributed by atoms with van der Waals surface area (Å²) < 4.78 is 8.93. The number of hydrogen-bond donors (Lipinski definition) is 0. The first-order valence-corrected chi connectivity index (χ1v) is 9.54. The molecule has 0 fully saturated rings. The van der Waals surface area contributed by atoms with Crippen LogP contribution >= 0.6 is 23.1 Å². The highest BCUT2D eigenvalue weighted by Crippen LogP contribution is 2.29. The van der Waals surface area contributed by atoms with Crippen LogP contribution in [0, 0.1) is 0 Å². The van der Waals surface area contributed by atoms with Crippen molar-refractivity contribution < 1.29 is 9.53 Å². The number of rotatable bonds is 4. The van der Waals surface area contributed by atoms with Gasteiger partial charge in [0.05, 0.1) is 35.8 Å². The van der Waals surface area contributed by atoms with Gasteiger partial charge in [-0.3, -0.25) is 0 Å². The van der Waals surface area contributed by atoms with E-state index in [-0.39, 0.29) is 0 Å². The lowest BCUT2D eigenvalue weighted by molar-refractivity contribution is 0.0600. The number of carbonyl (C=O) groups is 1. The van der Waals surface area contributed by atoms with Gasteiger partial charge >= 0.3 is 5.97 Å². The third-order valence-corrected chi connectivity index (χ3v) is 5.84. The van der Waals surface area contributed by atoms with Crippen LogP contribution < -0.4 is 0 Å². The van der Waals surface area contributed by atoms with Crippen molar-refractivity contribution in [3.8, 4) is 0 Å². The summed E-state index contributed by atoms with van der Waals surface area (Å²) in [6, 6.07) is 7.97. The van der Waals surface area contributed by atoms with Crippen molar-refractivity contribution in [3.63, 3.8) is 0 Å². The molecule has 4 aromatic rings. The van der Waals surface area contributed by atoms with Crippen molar-refractivity contribution in [1.29, 1.82) is 0 Å². The highest BCUT2D eigenvalue weighted by atomic mass is 32.2.